The topological polar surface area (TPSA) is 56.8 Å². The second-order valence-corrected chi connectivity index (χ2v) is 4.11. The summed E-state index contributed by atoms with van der Waals surface area (Å²) in [6, 6.07) is 3.08. The van der Waals surface area contributed by atoms with E-state index < -0.39 is 0 Å². The second-order valence-electron chi connectivity index (χ2n) is 3.70. The Morgan fingerprint density at radius 3 is 2.68 bits per heavy atom. The average Bonchev–Trinajstić information content (AvgIpc) is 2.42. The van der Waals surface area contributed by atoms with Gasteiger partial charge in [-0.15, -0.1) is 0 Å². The Balaban J connectivity index is 2.98. The number of hydroxylamine groups is 1. The van der Waals surface area contributed by atoms with Crippen molar-refractivity contribution in [2.24, 2.45) is 0 Å². The standard InChI is InChI=1S/C13H18ClNO4/c1-4-6-18-12-10(14)7-9(8-11(12)17-3)13(16)15-19-5-2/h7-8H,4-6H2,1-3H3,(H,15,16). The van der Waals surface area contributed by atoms with Crippen LogP contribution >= 0.6 is 11.6 Å². The fourth-order valence-corrected chi connectivity index (χ4v) is 1.66. The summed E-state index contributed by atoms with van der Waals surface area (Å²) in [7, 11) is 1.49. The lowest BCUT2D eigenvalue weighted by atomic mass is 10.2. The fraction of sp³-hybridized carbons (Fsp3) is 0.462. The van der Waals surface area contributed by atoms with E-state index in [1.165, 1.54) is 13.2 Å². The normalized spacial score (nSPS) is 10.1. The predicted octanol–water partition coefficient (Wildman–Crippen LogP) is 2.82. The molecule has 0 aromatic heterocycles. The Hall–Kier alpha value is -1.46. The molecule has 1 N–H and O–H groups in total. The van der Waals surface area contributed by atoms with Crippen molar-refractivity contribution in [1.82, 2.24) is 5.48 Å². The minimum Gasteiger partial charge on any atom is -0.493 e. The van der Waals surface area contributed by atoms with Crippen molar-refractivity contribution in [2.45, 2.75) is 20.3 Å². The first-order chi connectivity index (χ1) is 9.13. The first-order valence-electron chi connectivity index (χ1n) is 6.06. The van der Waals surface area contributed by atoms with E-state index in [9.17, 15) is 4.79 Å². The van der Waals surface area contributed by atoms with E-state index in [2.05, 4.69) is 5.48 Å². The number of halogens is 1. The van der Waals surface area contributed by atoms with Crippen LogP contribution in [0.1, 0.15) is 30.6 Å². The molecule has 19 heavy (non-hydrogen) atoms. The molecule has 0 aliphatic rings. The Morgan fingerprint density at radius 1 is 1.37 bits per heavy atom. The number of ether oxygens (including phenoxy) is 2. The van der Waals surface area contributed by atoms with E-state index in [1.54, 1.807) is 13.0 Å². The quantitative estimate of drug-likeness (QED) is 0.784. The molecule has 1 aromatic carbocycles. The number of rotatable bonds is 7. The molecule has 0 fully saturated rings. The minimum absolute atomic E-state index is 0.328. The highest BCUT2D eigenvalue weighted by molar-refractivity contribution is 6.32. The van der Waals surface area contributed by atoms with Gasteiger partial charge >= 0.3 is 0 Å². The molecule has 106 valence electrons. The van der Waals surface area contributed by atoms with E-state index in [0.29, 0.717) is 35.3 Å². The zero-order valence-electron chi connectivity index (χ0n) is 11.3. The van der Waals surface area contributed by atoms with Crippen molar-refractivity contribution in [3.05, 3.63) is 22.7 Å². The number of hydrogen-bond acceptors (Lipinski definition) is 4. The molecular formula is C13H18ClNO4. The van der Waals surface area contributed by atoms with Crippen molar-refractivity contribution in [3.63, 3.8) is 0 Å². The number of amides is 1. The molecule has 6 heteroatoms. The van der Waals surface area contributed by atoms with Gasteiger partial charge in [-0.3, -0.25) is 9.63 Å². The number of carbonyl (C=O) groups excluding carboxylic acids is 1. The van der Waals surface area contributed by atoms with Gasteiger partial charge in [0, 0.05) is 5.56 Å². The lowest BCUT2D eigenvalue weighted by molar-refractivity contribution is 0.0364. The highest BCUT2D eigenvalue weighted by Gasteiger charge is 2.15. The number of methoxy groups -OCH3 is 1. The van der Waals surface area contributed by atoms with Crippen LogP contribution in [-0.2, 0) is 4.84 Å². The Bertz CT molecular complexity index is 437. The molecule has 0 radical (unpaired) electrons. The predicted molar refractivity (Wildman–Crippen MR) is 72.9 cm³/mol. The number of hydrogen-bond donors (Lipinski definition) is 1. The summed E-state index contributed by atoms with van der Waals surface area (Å²) in [6.45, 7) is 4.68. The molecule has 0 saturated carbocycles. The first kappa shape index (κ1) is 15.6. The molecule has 5 nitrogen and oxygen atoms in total. The van der Waals surface area contributed by atoms with Gasteiger partial charge < -0.3 is 9.47 Å². The SMILES string of the molecule is CCCOc1c(Cl)cc(C(=O)NOCC)cc1OC. The molecule has 0 bridgehead atoms. The summed E-state index contributed by atoms with van der Waals surface area (Å²) < 4.78 is 10.7. The van der Waals surface area contributed by atoms with E-state index >= 15 is 0 Å². The monoisotopic (exact) mass is 287 g/mol. The molecule has 0 aliphatic heterocycles. The van der Waals surface area contributed by atoms with E-state index in [1.807, 2.05) is 6.92 Å². The lowest BCUT2D eigenvalue weighted by Gasteiger charge is -2.13. The zero-order valence-corrected chi connectivity index (χ0v) is 12.0. The minimum atomic E-state index is -0.385. The van der Waals surface area contributed by atoms with Gasteiger partial charge in [0.05, 0.1) is 25.3 Å². The van der Waals surface area contributed by atoms with Gasteiger partial charge in [-0.25, -0.2) is 5.48 Å². The van der Waals surface area contributed by atoms with Gasteiger partial charge in [-0.2, -0.15) is 0 Å². The van der Waals surface area contributed by atoms with Crippen LogP contribution in [0.3, 0.4) is 0 Å². The Morgan fingerprint density at radius 2 is 2.11 bits per heavy atom. The van der Waals surface area contributed by atoms with Crippen molar-refractivity contribution < 1.29 is 19.1 Å². The molecule has 1 rings (SSSR count). The number of benzene rings is 1. The molecule has 0 unspecified atom stereocenters. The van der Waals surface area contributed by atoms with Crippen LogP contribution in [0.5, 0.6) is 11.5 Å². The molecule has 0 aliphatic carbocycles. The lowest BCUT2D eigenvalue weighted by Crippen LogP contribution is -2.23. The van der Waals surface area contributed by atoms with Crippen LogP contribution in [0.25, 0.3) is 0 Å². The van der Waals surface area contributed by atoms with Gasteiger partial charge in [0.1, 0.15) is 0 Å². The smallest absolute Gasteiger partial charge is 0.275 e. The van der Waals surface area contributed by atoms with E-state index in [-0.39, 0.29) is 5.91 Å². The van der Waals surface area contributed by atoms with Gasteiger partial charge in [-0.1, -0.05) is 18.5 Å². The van der Waals surface area contributed by atoms with Gasteiger partial charge in [0.25, 0.3) is 5.91 Å². The van der Waals surface area contributed by atoms with Crippen LogP contribution in [0, 0.1) is 0 Å². The second kappa shape index (κ2) is 7.86. The van der Waals surface area contributed by atoms with Crippen LogP contribution in [-0.4, -0.2) is 26.2 Å². The fourth-order valence-electron chi connectivity index (χ4n) is 1.39. The third-order valence-corrected chi connectivity index (χ3v) is 2.53. The van der Waals surface area contributed by atoms with Crippen LogP contribution in [0.4, 0.5) is 0 Å². The first-order valence-corrected chi connectivity index (χ1v) is 6.44. The average molecular weight is 288 g/mol. The molecular weight excluding hydrogens is 270 g/mol. The van der Waals surface area contributed by atoms with E-state index in [0.717, 1.165) is 6.42 Å². The maximum atomic E-state index is 11.8. The van der Waals surface area contributed by atoms with Gasteiger partial charge in [0.2, 0.25) is 0 Å². The van der Waals surface area contributed by atoms with Crippen LogP contribution in [0.15, 0.2) is 12.1 Å². The summed E-state index contributed by atoms with van der Waals surface area (Å²) in [5.74, 6) is 0.477. The summed E-state index contributed by atoms with van der Waals surface area (Å²) in [5, 5.41) is 0.328. The highest BCUT2D eigenvalue weighted by atomic mass is 35.5. The van der Waals surface area contributed by atoms with Crippen LogP contribution in [0.2, 0.25) is 5.02 Å². The highest BCUT2D eigenvalue weighted by Crippen LogP contribution is 2.36. The summed E-state index contributed by atoms with van der Waals surface area (Å²) in [4.78, 5) is 16.6. The molecule has 1 aromatic rings. The van der Waals surface area contributed by atoms with E-state index in [4.69, 9.17) is 25.9 Å². The maximum absolute atomic E-state index is 11.8. The maximum Gasteiger partial charge on any atom is 0.275 e. The van der Waals surface area contributed by atoms with Crippen LogP contribution < -0.4 is 15.0 Å². The van der Waals surface area contributed by atoms with Crippen molar-refractivity contribution in [3.8, 4) is 11.5 Å². The zero-order chi connectivity index (χ0) is 14.3. The molecule has 0 heterocycles. The number of nitrogens with one attached hydrogen (secondary N) is 1. The third-order valence-electron chi connectivity index (χ3n) is 2.25. The molecule has 0 spiro atoms. The third kappa shape index (κ3) is 4.29. The Labute approximate surface area is 117 Å². The van der Waals surface area contributed by atoms with Crippen molar-refractivity contribution in [1.29, 1.82) is 0 Å². The summed E-state index contributed by atoms with van der Waals surface area (Å²) in [6.07, 6.45) is 0.853. The summed E-state index contributed by atoms with van der Waals surface area (Å²) >= 11 is 6.10. The Kier molecular flexibility index (Phi) is 6.45. The molecule has 1 amide bonds. The largest absolute Gasteiger partial charge is 0.493 e. The van der Waals surface area contributed by atoms with Crippen molar-refractivity contribution in [2.75, 3.05) is 20.3 Å². The van der Waals surface area contributed by atoms with Gasteiger partial charge in [-0.05, 0) is 25.5 Å². The number of carbonyl (C=O) groups is 1. The van der Waals surface area contributed by atoms with Gasteiger partial charge in [0.15, 0.2) is 11.5 Å². The molecule has 0 saturated heterocycles. The molecule has 0 atom stereocenters. The van der Waals surface area contributed by atoms with Crippen molar-refractivity contribution >= 4 is 17.5 Å². The summed E-state index contributed by atoms with van der Waals surface area (Å²) in [5.41, 5.74) is 2.64.